The van der Waals surface area contributed by atoms with E-state index in [1.807, 2.05) is 24.3 Å². The van der Waals surface area contributed by atoms with Crippen LogP contribution in [-0.4, -0.2) is 21.0 Å². The van der Waals surface area contributed by atoms with E-state index in [2.05, 4.69) is 77.0 Å². The molecule has 0 saturated heterocycles. The number of rotatable bonds is 6. The minimum atomic E-state index is -1.84. The molecule has 2 nitrogen and oxygen atoms in total. The zero-order valence-electron chi connectivity index (χ0n) is 15.9. The highest BCUT2D eigenvalue weighted by Crippen LogP contribution is 2.38. The van der Waals surface area contributed by atoms with E-state index in [1.54, 1.807) is 0 Å². The van der Waals surface area contributed by atoms with E-state index in [1.165, 1.54) is 0 Å². The molecule has 1 aromatic carbocycles. The van der Waals surface area contributed by atoms with Crippen LogP contribution in [0.5, 0.6) is 5.75 Å². The van der Waals surface area contributed by atoms with Crippen LogP contribution in [0.3, 0.4) is 0 Å². The molecule has 1 aromatic rings. The zero-order valence-corrected chi connectivity index (χ0v) is 18.5. The Kier molecular flexibility index (Phi) is 6.94. The molecule has 0 N–H and O–H groups in total. The molecule has 0 aliphatic rings. The molecule has 0 aliphatic heterocycles. The van der Waals surface area contributed by atoms with Gasteiger partial charge in [0, 0.05) is 4.47 Å². The zero-order chi connectivity index (χ0) is 17.9. The lowest BCUT2D eigenvalue weighted by Gasteiger charge is -2.40. The van der Waals surface area contributed by atoms with Gasteiger partial charge in [-0.3, -0.25) is 0 Å². The Labute approximate surface area is 152 Å². The molecule has 0 saturated carbocycles. The molecule has 23 heavy (non-hydrogen) atoms. The second-order valence-corrected chi connectivity index (χ2v) is 14.4. The van der Waals surface area contributed by atoms with E-state index < -0.39 is 8.32 Å². The van der Waals surface area contributed by atoms with E-state index in [-0.39, 0.29) is 16.6 Å². The van der Waals surface area contributed by atoms with Crippen LogP contribution < -0.4 is 4.74 Å². The van der Waals surface area contributed by atoms with Crippen molar-refractivity contribution in [1.82, 2.24) is 0 Å². The van der Waals surface area contributed by atoms with Crippen LogP contribution in [0, 0.1) is 11.8 Å². The van der Waals surface area contributed by atoms with Gasteiger partial charge in [-0.25, -0.2) is 0 Å². The van der Waals surface area contributed by atoms with Gasteiger partial charge in [0.1, 0.15) is 12.4 Å². The lowest BCUT2D eigenvalue weighted by molar-refractivity contribution is 0.121. The fourth-order valence-corrected chi connectivity index (χ4v) is 3.59. The van der Waals surface area contributed by atoms with Gasteiger partial charge in [0.2, 0.25) is 0 Å². The molecule has 131 valence electrons. The molecule has 0 spiro atoms. The van der Waals surface area contributed by atoms with E-state index >= 15 is 0 Å². The summed E-state index contributed by atoms with van der Waals surface area (Å²) in [6.45, 7) is 18.5. The normalized spacial score (nSPS) is 14.7. The largest absolute Gasteiger partial charge is 0.491 e. The Bertz CT molecular complexity index is 501. The minimum absolute atomic E-state index is 0.00475. The number of hydrogen-bond donors (Lipinski definition) is 0. The van der Waals surface area contributed by atoms with E-state index in [9.17, 15) is 0 Å². The lowest BCUT2D eigenvalue weighted by atomic mass is 9.89. The molecule has 4 heteroatoms. The third-order valence-electron chi connectivity index (χ3n) is 4.15. The smallest absolute Gasteiger partial charge is 0.192 e. The third-order valence-corrected chi connectivity index (χ3v) is 9.15. The number of halogens is 1. The standard InChI is InChI=1S/C19H32BrO2Si/c1-18(2,3)13-17(22-23(7,8)19(4,5)6)14-21-16-11-9-10-15(20)12-16/h9-13,17H,14H2,1-8H3. The van der Waals surface area contributed by atoms with E-state index in [0.717, 1.165) is 10.2 Å². The maximum Gasteiger partial charge on any atom is 0.192 e. The first-order valence-electron chi connectivity index (χ1n) is 8.22. The van der Waals surface area contributed by atoms with Crippen molar-refractivity contribution in [2.24, 2.45) is 5.41 Å². The molecule has 0 heterocycles. The van der Waals surface area contributed by atoms with Crippen molar-refractivity contribution in [2.75, 3.05) is 6.61 Å². The molecule has 0 aromatic heterocycles. The maximum absolute atomic E-state index is 6.58. The Hall–Kier alpha value is -0.323. The van der Waals surface area contributed by atoms with Crippen LogP contribution >= 0.6 is 15.9 Å². The Balaban J connectivity index is 2.81. The monoisotopic (exact) mass is 399 g/mol. The number of benzene rings is 1. The van der Waals surface area contributed by atoms with Crippen molar-refractivity contribution in [3.05, 3.63) is 35.2 Å². The fraction of sp³-hybridized carbons (Fsp3) is 0.632. The molecule has 1 radical (unpaired) electrons. The van der Waals surface area contributed by atoms with E-state index in [4.69, 9.17) is 9.16 Å². The molecule has 1 unspecified atom stereocenters. The molecule has 0 bridgehead atoms. The number of ether oxygens (including phenoxy) is 1. The van der Waals surface area contributed by atoms with E-state index in [0.29, 0.717) is 6.61 Å². The van der Waals surface area contributed by atoms with Crippen LogP contribution in [0.15, 0.2) is 28.7 Å². The summed E-state index contributed by atoms with van der Waals surface area (Å²) in [6.07, 6.45) is 2.26. The second-order valence-electron chi connectivity index (χ2n) is 8.72. The minimum Gasteiger partial charge on any atom is -0.491 e. The summed E-state index contributed by atoms with van der Waals surface area (Å²) in [7, 11) is -1.84. The van der Waals surface area contributed by atoms with Gasteiger partial charge in [0.15, 0.2) is 8.32 Å². The molecular formula is C19H32BrO2Si. The molecule has 0 aliphatic carbocycles. The van der Waals surface area contributed by atoms with Gasteiger partial charge in [-0.05, 0) is 48.2 Å². The van der Waals surface area contributed by atoms with Gasteiger partial charge in [0.25, 0.3) is 0 Å². The summed E-state index contributed by atoms with van der Waals surface area (Å²) < 4.78 is 13.6. The highest BCUT2D eigenvalue weighted by molar-refractivity contribution is 9.10. The van der Waals surface area contributed by atoms with Gasteiger partial charge in [-0.1, -0.05) is 63.5 Å². The highest BCUT2D eigenvalue weighted by atomic mass is 79.9. The van der Waals surface area contributed by atoms with Gasteiger partial charge in [-0.2, -0.15) is 0 Å². The van der Waals surface area contributed by atoms with Crippen LogP contribution in [0.2, 0.25) is 18.1 Å². The summed E-state index contributed by atoms with van der Waals surface area (Å²) in [5, 5.41) is 0.187. The predicted molar refractivity (Wildman–Crippen MR) is 105 cm³/mol. The van der Waals surface area contributed by atoms with Crippen LogP contribution in [0.25, 0.3) is 0 Å². The van der Waals surface area contributed by atoms with Crippen molar-refractivity contribution in [3.8, 4) is 5.75 Å². The summed E-state index contributed by atoms with van der Waals surface area (Å²) in [5.74, 6) is 0.866. The topological polar surface area (TPSA) is 18.5 Å². The first-order chi connectivity index (χ1) is 10.3. The summed E-state index contributed by atoms with van der Waals surface area (Å²) in [6, 6.07) is 7.94. The molecule has 1 atom stereocenters. The van der Waals surface area contributed by atoms with Crippen molar-refractivity contribution < 1.29 is 9.16 Å². The van der Waals surface area contributed by atoms with Crippen LogP contribution in [-0.2, 0) is 4.43 Å². The number of hydrogen-bond acceptors (Lipinski definition) is 2. The second kappa shape index (κ2) is 7.71. The third kappa shape index (κ3) is 7.40. The van der Waals surface area contributed by atoms with Crippen molar-refractivity contribution in [2.45, 2.75) is 65.8 Å². The molecular weight excluding hydrogens is 368 g/mol. The van der Waals surface area contributed by atoms with Gasteiger partial charge >= 0.3 is 0 Å². The Morgan fingerprint density at radius 1 is 1.13 bits per heavy atom. The molecule has 0 amide bonds. The average Bonchev–Trinajstić information content (AvgIpc) is 2.32. The average molecular weight is 400 g/mol. The maximum atomic E-state index is 6.58. The predicted octanol–water partition coefficient (Wildman–Crippen LogP) is 6.47. The van der Waals surface area contributed by atoms with Crippen LogP contribution in [0.1, 0.15) is 41.5 Å². The highest BCUT2D eigenvalue weighted by Gasteiger charge is 2.40. The first kappa shape index (κ1) is 20.7. The summed E-state index contributed by atoms with van der Waals surface area (Å²) >= 11 is 3.48. The summed E-state index contributed by atoms with van der Waals surface area (Å²) in [4.78, 5) is 0. The lowest BCUT2D eigenvalue weighted by Crippen LogP contribution is -2.46. The summed E-state index contributed by atoms with van der Waals surface area (Å²) in [5.41, 5.74) is 0.0909. The van der Waals surface area contributed by atoms with Crippen molar-refractivity contribution in [1.29, 1.82) is 0 Å². The first-order valence-corrected chi connectivity index (χ1v) is 11.9. The Morgan fingerprint density at radius 2 is 1.74 bits per heavy atom. The van der Waals surface area contributed by atoms with Crippen molar-refractivity contribution >= 4 is 24.2 Å². The molecule has 1 rings (SSSR count). The fourth-order valence-electron chi connectivity index (χ4n) is 1.96. The quantitative estimate of drug-likeness (QED) is 0.510. The van der Waals surface area contributed by atoms with Crippen molar-refractivity contribution in [3.63, 3.8) is 0 Å². The SMILES string of the molecule is CC(C)(C)[CH]C(COc1cccc(Br)c1)O[Si](C)(C)C(C)(C)C. The van der Waals surface area contributed by atoms with Crippen LogP contribution in [0.4, 0.5) is 0 Å². The van der Waals surface area contributed by atoms with Gasteiger partial charge in [0.05, 0.1) is 6.10 Å². The Morgan fingerprint density at radius 3 is 2.22 bits per heavy atom. The van der Waals surface area contributed by atoms with Gasteiger partial charge < -0.3 is 9.16 Å². The van der Waals surface area contributed by atoms with Gasteiger partial charge in [-0.15, -0.1) is 0 Å². The molecule has 0 fully saturated rings.